The molecular formula is C11H15ClN2O2S. The van der Waals surface area contributed by atoms with Crippen molar-refractivity contribution in [2.75, 3.05) is 6.54 Å². The number of rotatable bonds is 0. The second-order valence-electron chi connectivity index (χ2n) is 4.99. The Balaban J connectivity index is 2.05. The van der Waals surface area contributed by atoms with Gasteiger partial charge in [-0.15, -0.1) is 11.3 Å². The zero-order valence-corrected chi connectivity index (χ0v) is 11.7. The van der Waals surface area contributed by atoms with Crippen LogP contribution in [0.5, 0.6) is 0 Å². The van der Waals surface area contributed by atoms with Gasteiger partial charge in [-0.2, -0.15) is 0 Å². The Labute approximate surface area is 110 Å². The van der Waals surface area contributed by atoms with Gasteiger partial charge >= 0.3 is 6.09 Å². The summed E-state index contributed by atoms with van der Waals surface area (Å²) in [7, 11) is 0. The summed E-state index contributed by atoms with van der Waals surface area (Å²) < 4.78 is 5.88. The Morgan fingerprint density at radius 1 is 1.53 bits per heavy atom. The molecule has 0 aliphatic carbocycles. The third kappa shape index (κ3) is 3.10. The lowest BCUT2D eigenvalue weighted by molar-refractivity contribution is 0.0225. The molecule has 1 aliphatic heterocycles. The summed E-state index contributed by atoms with van der Waals surface area (Å²) in [4.78, 5) is 18.9. The largest absolute Gasteiger partial charge is 0.444 e. The van der Waals surface area contributed by atoms with Crippen molar-refractivity contribution < 1.29 is 9.53 Å². The Bertz CT molecular complexity index is 439. The van der Waals surface area contributed by atoms with Crippen LogP contribution in [-0.2, 0) is 17.7 Å². The van der Waals surface area contributed by atoms with E-state index in [4.69, 9.17) is 16.3 Å². The van der Waals surface area contributed by atoms with Crippen LogP contribution in [0.25, 0.3) is 0 Å². The van der Waals surface area contributed by atoms with Crippen LogP contribution in [0.15, 0.2) is 0 Å². The number of hydrogen-bond donors (Lipinski definition) is 0. The molecule has 0 aromatic carbocycles. The van der Waals surface area contributed by atoms with Crippen LogP contribution >= 0.6 is 22.9 Å². The molecule has 1 amide bonds. The Morgan fingerprint density at radius 3 is 2.88 bits per heavy atom. The van der Waals surface area contributed by atoms with Crippen molar-refractivity contribution in [3.8, 4) is 0 Å². The van der Waals surface area contributed by atoms with Crippen molar-refractivity contribution in [1.29, 1.82) is 0 Å². The average molecular weight is 275 g/mol. The smallest absolute Gasteiger partial charge is 0.410 e. The molecule has 94 valence electrons. The van der Waals surface area contributed by atoms with Crippen molar-refractivity contribution in [3.05, 3.63) is 15.0 Å². The van der Waals surface area contributed by atoms with Gasteiger partial charge in [-0.3, -0.25) is 0 Å². The summed E-state index contributed by atoms with van der Waals surface area (Å²) in [5, 5.41) is 0. The van der Waals surface area contributed by atoms with Crippen molar-refractivity contribution in [2.45, 2.75) is 39.3 Å². The molecule has 1 aliphatic rings. The van der Waals surface area contributed by atoms with E-state index in [1.165, 1.54) is 11.3 Å². The van der Waals surface area contributed by atoms with Gasteiger partial charge in [-0.05, 0) is 20.8 Å². The minimum Gasteiger partial charge on any atom is -0.444 e. The number of nitrogens with zero attached hydrogens (tertiary/aromatic N) is 2. The van der Waals surface area contributed by atoms with E-state index >= 15 is 0 Å². The highest BCUT2D eigenvalue weighted by Gasteiger charge is 2.27. The first kappa shape index (κ1) is 12.6. The standard InChI is InChI=1S/C11H15ClN2O2S/c1-11(2,3)16-10(15)14-5-4-7-8(6-14)17-9(12)13-7/h4-6H2,1-3H3. The fourth-order valence-electron chi connectivity index (χ4n) is 1.65. The van der Waals surface area contributed by atoms with Gasteiger partial charge in [0.25, 0.3) is 0 Å². The predicted octanol–water partition coefficient (Wildman–Crippen LogP) is 3.09. The number of halogens is 1. The van der Waals surface area contributed by atoms with Crippen molar-refractivity contribution in [2.24, 2.45) is 0 Å². The molecule has 6 heteroatoms. The third-order valence-corrected chi connectivity index (χ3v) is 3.54. The van der Waals surface area contributed by atoms with Crippen molar-refractivity contribution in [3.63, 3.8) is 0 Å². The highest BCUT2D eigenvalue weighted by atomic mass is 35.5. The lowest BCUT2D eigenvalue weighted by Crippen LogP contribution is -2.39. The lowest BCUT2D eigenvalue weighted by Gasteiger charge is -2.29. The fourth-order valence-corrected chi connectivity index (χ4v) is 2.87. The highest BCUT2D eigenvalue weighted by molar-refractivity contribution is 7.15. The molecule has 0 radical (unpaired) electrons. The monoisotopic (exact) mass is 274 g/mol. The molecule has 2 heterocycles. The van der Waals surface area contributed by atoms with Gasteiger partial charge in [-0.1, -0.05) is 11.6 Å². The van der Waals surface area contributed by atoms with Gasteiger partial charge in [0.15, 0.2) is 4.47 Å². The molecule has 0 spiro atoms. The van der Waals surface area contributed by atoms with Crippen LogP contribution in [0, 0.1) is 0 Å². The van der Waals surface area contributed by atoms with Gasteiger partial charge in [0.1, 0.15) is 5.60 Å². The van der Waals surface area contributed by atoms with E-state index in [1.54, 1.807) is 4.90 Å². The van der Waals surface area contributed by atoms with Crippen LogP contribution < -0.4 is 0 Å². The zero-order chi connectivity index (χ0) is 12.6. The summed E-state index contributed by atoms with van der Waals surface area (Å²) in [6.07, 6.45) is 0.477. The molecule has 4 nitrogen and oxygen atoms in total. The molecule has 0 saturated heterocycles. The first-order chi connectivity index (χ1) is 7.85. The van der Waals surface area contributed by atoms with E-state index in [9.17, 15) is 4.79 Å². The number of fused-ring (bicyclic) bond motifs is 1. The van der Waals surface area contributed by atoms with Crippen molar-refractivity contribution in [1.82, 2.24) is 9.88 Å². The summed E-state index contributed by atoms with van der Waals surface area (Å²) in [6, 6.07) is 0. The average Bonchev–Trinajstić information content (AvgIpc) is 2.53. The number of carbonyl (C=O) groups is 1. The SMILES string of the molecule is CC(C)(C)OC(=O)N1CCc2nc(Cl)sc2C1. The molecule has 1 aromatic rings. The van der Waals surface area contributed by atoms with Gasteiger partial charge in [0.05, 0.1) is 12.2 Å². The minimum absolute atomic E-state index is 0.271. The molecule has 0 atom stereocenters. The first-order valence-corrected chi connectivity index (χ1v) is 6.66. The predicted molar refractivity (Wildman–Crippen MR) is 67.5 cm³/mol. The van der Waals surface area contributed by atoms with Gasteiger partial charge < -0.3 is 9.64 Å². The number of aromatic nitrogens is 1. The number of thiazole rings is 1. The van der Waals surface area contributed by atoms with Crippen LogP contribution in [-0.4, -0.2) is 28.1 Å². The zero-order valence-electron chi connectivity index (χ0n) is 10.1. The van der Waals surface area contributed by atoms with Gasteiger partial charge in [-0.25, -0.2) is 9.78 Å². The molecule has 17 heavy (non-hydrogen) atoms. The van der Waals surface area contributed by atoms with E-state index in [-0.39, 0.29) is 6.09 Å². The second-order valence-corrected chi connectivity index (χ2v) is 6.65. The summed E-state index contributed by atoms with van der Waals surface area (Å²) >= 11 is 7.29. The van der Waals surface area contributed by atoms with Gasteiger partial charge in [0, 0.05) is 17.8 Å². The number of hydrogen-bond acceptors (Lipinski definition) is 4. The summed E-state index contributed by atoms with van der Waals surface area (Å²) in [5.74, 6) is 0. The maximum absolute atomic E-state index is 11.9. The van der Waals surface area contributed by atoms with Crippen molar-refractivity contribution >= 4 is 29.0 Å². The number of ether oxygens (including phenoxy) is 1. The van der Waals surface area contributed by atoms with Crippen LogP contribution in [0.2, 0.25) is 4.47 Å². The number of amides is 1. The molecular weight excluding hydrogens is 260 g/mol. The minimum atomic E-state index is -0.456. The topological polar surface area (TPSA) is 42.4 Å². The third-order valence-electron chi connectivity index (χ3n) is 2.36. The van der Waals surface area contributed by atoms with E-state index in [1.807, 2.05) is 20.8 Å². The lowest BCUT2D eigenvalue weighted by atomic mass is 10.2. The highest BCUT2D eigenvalue weighted by Crippen LogP contribution is 2.28. The summed E-state index contributed by atoms with van der Waals surface area (Å²) in [5.41, 5.74) is 0.558. The Kier molecular flexibility index (Phi) is 3.32. The van der Waals surface area contributed by atoms with Crippen LogP contribution in [0.1, 0.15) is 31.3 Å². The quantitative estimate of drug-likeness (QED) is 0.730. The molecule has 0 bridgehead atoms. The molecule has 0 N–H and O–H groups in total. The maximum Gasteiger partial charge on any atom is 0.410 e. The van der Waals surface area contributed by atoms with E-state index in [0.717, 1.165) is 17.0 Å². The van der Waals surface area contributed by atoms with E-state index in [0.29, 0.717) is 17.6 Å². The van der Waals surface area contributed by atoms with Crippen LogP contribution in [0.3, 0.4) is 0 Å². The Hall–Kier alpha value is -0.810. The number of carbonyl (C=O) groups excluding carboxylic acids is 1. The molecule has 0 fully saturated rings. The molecule has 2 rings (SSSR count). The molecule has 0 unspecified atom stereocenters. The van der Waals surface area contributed by atoms with Crippen LogP contribution in [0.4, 0.5) is 4.79 Å². The second kappa shape index (κ2) is 4.46. The summed E-state index contributed by atoms with van der Waals surface area (Å²) in [6.45, 7) is 6.79. The molecule has 0 saturated carbocycles. The van der Waals surface area contributed by atoms with E-state index in [2.05, 4.69) is 4.98 Å². The fraction of sp³-hybridized carbons (Fsp3) is 0.636. The first-order valence-electron chi connectivity index (χ1n) is 5.47. The normalized spacial score (nSPS) is 15.6. The molecule has 1 aromatic heterocycles. The van der Waals surface area contributed by atoms with E-state index < -0.39 is 5.60 Å². The maximum atomic E-state index is 11.9. The Morgan fingerprint density at radius 2 is 2.24 bits per heavy atom. The van der Waals surface area contributed by atoms with Gasteiger partial charge in [0.2, 0.25) is 0 Å².